The third-order valence-electron chi connectivity index (χ3n) is 4.38. The monoisotopic (exact) mass is 271 g/mol. The van der Waals surface area contributed by atoms with E-state index in [-0.39, 0.29) is 10.3 Å². The third kappa shape index (κ3) is 4.87. The Hall–Kier alpha value is -0.110. The summed E-state index contributed by atoms with van der Waals surface area (Å²) in [4.78, 5) is 0. The van der Waals surface area contributed by atoms with Crippen LogP contribution in [0.25, 0.3) is 0 Å². The molecule has 0 amide bonds. The molecule has 0 aliphatic heterocycles. The molecule has 0 rings (SSSR count). The number of nitrogens with one attached hydrogen (secondary N) is 1. The molecule has 0 bridgehead atoms. The van der Waals surface area contributed by atoms with Crippen LogP contribution in [0.2, 0.25) is 0 Å². The second-order valence-electron chi connectivity index (χ2n) is 7.34. The molecule has 1 nitrogen and oxygen atoms in total. The zero-order valence-corrected chi connectivity index (χ0v) is 14.8. The summed E-state index contributed by atoms with van der Waals surface area (Å²) in [6, 6.07) is 0. The molecule has 108 valence electrons. The summed E-state index contributed by atoms with van der Waals surface area (Å²) in [6.45, 7) is 20.1. The van der Waals surface area contributed by atoms with E-state index >= 15 is 0 Å². The van der Waals surface area contributed by atoms with E-state index in [1.54, 1.807) is 0 Å². The first-order chi connectivity index (χ1) is 7.84. The Morgan fingerprint density at radius 2 is 1.44 bits per heavy atom. The first kappa shape index (κ1) is 17.9. The molecule has 0 heterocycles. The van der Waals surface area contributed by atoms with Gasteiger partial charge < -0.3 is 5.32 Å². The van der Waals surface area contributed by atoms with Crippen molar-refractivity contribution >= 4 is 12.6 Å². The lowest BCUT2D eigenvalue weighted by atomic mass is 9.73. The lowest BCUT2D eigenvalue weighted by Gasteiger charge is -2.46. The summed E-state index contributed by atoms with van der Waals surface area (Å²) in [7, 11) is 0. The van der Waals surface area contributed by atoms with Crippen LogP contribution in [0.4, 0.5) is 0 Å². The summed E-state index contributed by atoms with van der Waals surface area (Å²) in [5.74, 6) is 0. The number of thiol groups is 1. The Labute approximate surface area is 120 Å². The minimum absolute atomic E-state index is 0.0378. The molecule has 0 fully saturated rings. The Morgan fingerprint density at radius 1 is 1.00 bits per heavy atom. The van der Waals surface area contributed by atoms with Crippen molar-refractivity contribution in [2.75, 3.05) is 0 Å². The first-order valence-electron chi connectivity index (χ1n) is 6.99. The van der Waals surface area contributed by atoms with E-state index in [1.807, 2.05) is 0 Å². The molecule has 0 radical (unpaired) electrons. The molecule has 1 atom stereocenters. The Bertz CT molecular complexity index is 307. The van der Waals surface area contributed by atoms with Crippen LogP contribution < -0.4 is 5.32 Å². The fourth-order valence-corrected chi connectivity index (χ4v) is 2.49. The van der Waals surface area contributed by atoms with Crippen LogP contribution in [0.1, 0.15) is 75.2 Å². The van der Waals surface area contributed by atoms with E-state index in [4.69, 9.17) is 12.6 Å². The van der Waals surface area contributed by atoms with E-state index in [1.165, 1.54) is 17.7 Å². The van der Waals surface area contributed by atoms with Gasteiger partial charge in [0.1, 0.15) is 0 Å². The van der Waals surface area contributed by atoms with Gasteiger partial charge in [-0.3, -0.25) is 0 Å². The van der Waals surface area contributed by atoms with Gasteiger partial charge in [0.05, 0.1) is 0 Å². The number of rotatable bonds is 6. The molecule has 0 saturated heterocycles. The van der Waals surface area contributed by atoms with E-state index in [0.29, 0.717) is 5.41 Å². The molecule has 0 aromatic rings. The predicted octanol–water partition coefficient (Wildman–Crippen LogP) is 5.18. The Morgan fingerprint density at radius 3 is 1.78 bits per heavy atom. The van der Waals surface area contributed by atoms with Crippen molar-refractivity contribution in [3.63, 3.8) is 0 Å². The lowest BCUT2D eigenvalue weighted by Crippen LogP contribution is -2.55. The van der Waals surface area contributed by atoms with Crippen LogP contribution >= 0.6 is 12.6 Å². The highest BCUT2D eigenvalue weighted by Gasteiger charge is 2.41. The van der Waals surface area contributed by atoms with Crippen molar-refractivity contribution in [2.45, 2.75) is 85.4 Å². The van der Waals surface area contributed by atoms with Gasteiger partial charge in [0, 0.05) is 16.0 Å². The Kier molecular flexibility index (Phi) is 5.86. The SMILES string of the molecule is CCC(C)(C)CC(C)(S)C(C)(C)NC(C)=C(C)C. The first-order valence-corrected chi connectivity index (χ1v) is 7.44. The van der Waals surface area contributed by atoms with E-state index < -0.39 is 0 Å². The van der Waals surface area contributed by atoms with Crippen LogP contribution in [-0.4, -0.2) is 10.3 Å². The molecule has 0 aliphatic carbocycles. The molecule has 1 N–H and O–H groups in total. The summed E-state index contributed by atoms with van der Waals surface area (Å²) < 4.78 is -0.0524. The fraction of sp³-hybridized carbons (Fsp3) is 0.875. The van der Waals surface area contributed by atoms with Crippen LogP contribution in [0, 0.1) is 5.41 Å². The van der Waals surface area contributed by atoms with Crippen molar-refractivity contribution in [3.05, 3.63) is 11.3 Å². The van der Waals surface area contributed by atoms with Crippen LogP contribution in [0.5, 0.6) is 0 Å². The van der Waals surface area contributed by atoms with Gasteiger partial charge >= 0.3 is 0 Å². The highest BCUT2D eigenvalue weighted by molar-refractivity contribution is 7.81. The van der Waals surface area contributed by atoms with Gasteiger partial charge in [0.15, 0.2) is 0 Å². The van der Waals surface area contributed by atoms with Gasteiger partial charge in [-0.25, -0.2) is 0 Å². The predicted molar refractivity (Wildman–Crippen MR) is 87.3 cm³/mol. The third-order valence-corrected chi connectivity index (χ3v) is 5.09. The molecule has 1 unspecified atom stereocenters. The van der Waals surface area contributed by atoms with E-state index in [0.717, 1.165) is 6.42 Å². The van der Waals surface area contributed by atoms with Gasteiger partial charge in [-0.05, 0) is 53.4 Å². The number of hydrogen-bond donors (Lipinski definition) is 2. The summed E-state index contributed by atoms with van der Waals surface area (Å²) in [5, 5.41) is 3.65. The van der Waals surface area contributed by atoms with Gasteiger partial charge in [0.25, 0.3) is 0 Å². The second kappa shape index (κ2) is 5.90. The summed E-state index contributed by atoms with van der Waals surface area (Å²) in [6.07, 6.45) is 2.27. The maximum atomic E-state index is 4.97. The molecule has 0 saturated carbocycles. The fourth-order valence-electron chi connectivity index (χ4n) is 2.01. The lowest BCUT2D eigenvalue weighted by molar-refractivity contribution is 0.216. The van der Waals surface area contributed by atoms with Gasteiger partial charge in [-0.2, -0.15) is 12.6 Å². The number of allylic oxidation sites excluding steroid dienone is 2. The summed E-state index contributed by atoms with van der Waals surface area (Å²) >= 11 is 4.97. The van der Waals surface area contributed by atoms with Crippen molar-refractivity contribution in [1.82, 2.24) is 5.32 Å². The van der Waals surface area contributed by atoms with E-state index in [9.17, 15) is 0 Å². The molecule has 0 aromatic heterocycles. The highest BCUT2D eigenvalue weighted by Crippen LogP contribution is 2.41. The van der Waals surface area contributed by atoms with Gasteiger partial charge in [0.2, 0.25) is 0 Å². The highest BCUT2D eigenvalue weighted by atomic mass is 32.1. The largest absolute Gasteiger partial charge is 0.382 e. The molecule has 0 aromatic carbocycles. The quantitative estimate of drug-likeness (QED) is 0.634. The van der Waals surface area contributed by atoms with Crippen molar-refractivity contribution < 1.29 is 0 Å². The normalized spacial score (nSPS) is 16.1. The van der Waals surface area contributed by atoms with Gasteiger partial charge in [-0.1, -0.05) is 32.8 Å². The van der Waals surface area contributed by atoms with Crippen LogP contribution in [0.3, 0.4) is 0 Å². The minimum Gasteiger partial charge on any atom is -0.382 e. The van der Waals surface area contributed by atoms with Crippen LogP contribution in [0.15, 0.2) is 11.3 Å². The minimum atomic E-state index is -0.0524. The van der Waals surface area contributed by atoms with Gasteiger partial charge in [-0.15, -0.1) is 0 Å². The standard InChI is InChI=1S/C16H33NS/c1-10-14(5,6)11-16(9,18)15(7,8)17-13(4)12(2)3/h17-18H,10-11H2,1-9H3. The van der Waals surface area contributed by atoms with Crippen LogP contribution in [-0.2, 0) is 0 Å². The molecular formula is C16H33NS. The molecule has 0 spiro atoms. The molecule has 2 heteroatoms. The maximum absolute atomic E-state index is 4.97. The van der Waals surface area contributed by atoms with E-state index in [2.05, 4.69) is 67.6 Å². The van der Waals surface area contributed by atoms with Crippen molar-refractivity contribution in [3.8, 4) is 0 Å². The molecular weight excluding hydrogens is 238 g/mol. The van der Waals surface area contributed by atoms with Crippen molar-refractivity contribution in [1.29, 1.82) is 0 Å². The average Bonchev–Trinajstić information content (AvgIpc) is 2.15. The maximum Gasteiger partial charge on any atom is 0.0455 e. The number of hydrogen-bond acceptors (Lipinski definition) is 2. The molecule has 18 heavy (non-hydrogen) atoms. The smallest absolute Gasteiger partial charge is 0.0455 e. The topological polar surface area (TPSA) is 12.0 Å². The average molecular weight is 272 g/mol. The zero-order chi connectivity index (χ0) is 14.8. The zero-order valence-electron chi connectivity index (χ0n) is 13.9. The second-order valence-corrected chi connectivity index (χ2v) is 8.33. The Balaban J connectivity index is 5.03. The summed E-state index contributed by atoms with van der Waals surface area (Å²) in [5.41, 5.74) is 2.88. The molecule has 0 aliphatic rings. The van der Waals surface area contributed by atoms with Crippen molar-refractivity contribution in [2.24, 2.45) is 5.41 Å².